The fourth-order valence-corrected chi connectivity index (χ4v) is 2.86. The molecule has 5 heteroatoms. The van der Waals surface area contributed by atoms with Crippen LogP contribution in [0.4, 0.5) is 5.82 Å². The second kappa shape index (κ2) is 6.89. The number of nitrogens with one attached hydrogen (secondary N) is 2. The van der Waals surface area contributed by atoms with Crippen LogP contribution < -0.4 is 10.6 Å². The van der Waals surface area contributed by atoms with Gasteiger partial charge in [0.2, 0.25) is 5.91 Å². The Kier molecular flexibility index (Phi) is 5.17. The van der Waals surface area contributed by atoms with Crippen molar-refractivity contribution in [2.45, 2.75) is 33.2 Å². The molecule has 5 nitrogen and oxygen atoms in total. The Morgan fingerprint density at radius 2 is 2.33 bits per heavy atom. The van der Waals surface area contributed by atoms with E-state index in [4.69, 9.17) is 0 Å². The van der Waals surface area contributed by atoms with Gasteiger partial charge in [-0.3, -0.25) is 9.69 Å². The minimum Gasteiger partial charge on any atom is -0.370 e. The quantitative estimate of drug-likeness (QED) is 0.839. The highest BCUT2D eigenvalue weighted by Gasteiger charge is 2.39. The van der Waals surface area contributed by atoms with Gasteiger partial charge in [0, 0.05) is 32.9 Å². The number of aromatic nitrogens is 1. The zero-order chi connectivity index (χ0) is 15.3. The molecule has 1 saturated heterocycles. The van der Waals surface area contributed by atoms with Crippen LogP contribution in [-0.4, -0.2) is 42.5 Å². The molecule has 2 N–H and O–H groups in total. The Morgan fingerprint density at radius 1 is 1.52 bits per heavy atom. The first-order chi connectivity index (χ1) is 10.1. The lowest BCUT2D eigenvalue weighted by Gasteiger charge is -2.22. The zero-order valence-electron chi connectivity index (χ0n) is 13.3. The van der Waals surface area contributed by atoms with Crippen molar-refractivity contribution >= 4 is 11.7 Å². The molecule has 1 aliphatic heterocycles. The summed E-state index contributed by atoms with van der Waals surface area (Å²) in [5, 5.41) is 6.09. The summed E-state index contributed by atoms with van der Waals surface area (Å²) in [6, 6.07) is 4.15. The molecular formula is C16H26N4O. The van der Waals surface area contributed by atoms with Gasteiger partial charge in [0.25, 0.3) is 0 Å². The normalized spacial score (nSPS) is 22.2. The van der Waals surface area contributed by atoms with Crippen LogP contribution in [-0.2, 0) is 11.3 Å². The number of carbonyl (C=O) groups excluding carboxylic acids is 1. The van der Waals surface area contributed by atoms with Gasteiger partial charge < -0.3 is 10.6 Å². The number of amides is 1. The molecule has 1 unspecified atom stereocenters. The van der Waals surface area contributed by atoms with Crippen molar-refractivity contribution in [1.29, 1.82) is 0 Å². The Labute approximate surface area is 127 Å². The lowest BCUT2D eigenvalue weighted by molar-refractivity contribution is -0.129. The first-order valence-corrected chi connectivity index (χ1v) is 7.71. The molecule has 0 spiro atoms. The van der Waals surface area contributed by atoms with E-state index in [1.165, 1.54) is 5.56 Å². The number of rotatable bonds is 6. The highest BCUT2D eigenvalue weighted by Crippen LogP contribution is 2.31. The minimum atomic E-state index is -0.259. The van der Waals surface area contributed by atoms with Crippen molar-refractivity contribution in [3.63, 3.8) is 0 Å². The van der Waals surface area contributed by atoms with Gasteiger partial charge >= 0.3 is 0 Å². The fraction of sp³-hybridized carbons (Fsp3) is 0.625. The first kappa shape index (κ1) is 15.8. The van der Waals surface area contributed by atoms with Gasteiger partial charge in [-0.2, -0.15) is 0 Å². The summed E-state index contributed by atoms with van der Waals surface area (Å²) in [5.41, 5.74) is 0.982. The van der Waals surface area contributed by atoms with Crippen LogP contribution in [0.5, 0.6) is 0 Å². The van der Waals surface area contributed by atoms with E-state index in [2.05, 4.69) is 33.5 Å². The Bertz CT molecular complexity index is 491. The van der Waals surface area contributed by atoms with Crippen LogP contribution >= 0.6 is 0 Å². The molecule has 1 amide bonds. The number of nitrogens with zero attached hydrogens (tertiary/aromatic N) is 2. The number of carbonyl (C=O) groups is 1. The molecule has 1 aromatic heterocycles. The van der Waals surface area contributed by atoms with E-state index in [1.54, 1.807) is 7.05 Å². The molecule has 0 saturated carbocycles. The Hall–Kier alpha value is -1.62. The molecule has 0 aliphatic carbocycles. The van der Waals surface area contributed by atoms with Crippen molar-refractivity contribution in [1.82, 2.24) is 15.2 Å². The van der Waals surface area contributed by atoms with Gasteiger partial charge in [-0.15, -0.1) is 0 Å². The second-order valence-corrected chi connectivity index (χ2v) is 6.08. The molecule has 116 valence electrons. The van der Waals surface area contributed by atoms with Gasteiger partial charge in [0.15, 0.2) is 0 Å². The molecule has 0 bridgehead atoms. The summed E-state index contributed by atoms with van der Waals surface area (Å²) in [4.78, 5) is 18.6. The van der Waals surface area contributed by atoms with Gasteiger partial charge in [0.1, 0.15) is 5.82 Å². The predicted octanol–water partition coefficient (Wildman–Crippen LogP) is 1.86. The van der Waals surface area contributed by atoms with E-state index >= 15 is 0 Å². The molecule has 0 radical (unpaired) electrons. The third-order valence-corrected chi connectivity index (χ3v) is 4.11. The summed E-state index contributed by atoms with van der Waals surface area (Å²) in [5.74, 6) is 1.08. The maximum absolute atomic E-state index is 11.9. The van der Waals surface area contributed by atoms with E-state index in [0.717, 1.165) is 44.8 Å². The highest BCUT2D eigenvalue weighted by molar-refractivity contribution is 5.82. The fourth-order valence-electron chi connectivity index (χ4n) is 2.86. The molecule has 2 heterocycles. The van der Waals surface area contributed by atoms with E-state index < -0.39 is 0 Å². The summed E-state index contributed by atoms with van der Waals surface area (Å²) in [6.45, 7) is 7.77. The SMILES string of the molecule is CCCNc1cc(CN2CCC(C)(C(=O)NC)C2)ccn1. The standard InChI is InChI=1S/C16H26N4O/c1-4-7-18-14-10-13(5-8-19-14)11-20-9-6-16(2,12-20)15(21)17-3/h5,8,10H,4,6-7,9,11-12H2,1-3H3,(H,17,21)(H,18,19). The van der Waals surface area contributed by atoms with Crippen molar-refractivity contribution in [3.05, 3.63) is 23.9 Å². The van der Waals surface area contributed by atoms with Crippen molar-refractivity contribution in [2.75, 3.05) is 32.0 Å². The number of anilines is 1. The molecular weight excluding hydrogens is 264 g/mol. The van der Waals surface area contributed by atoms with Gasteiger partial charge in [-0.25, -0.2) is 4.98 Å². The van der Waals surface area contributed by atoms with Gasteiger partial charge in [-0.05, 0) is 44.0 Å². The van der Waals surface area contributed by atoms with Crippen LogP contribution in [0.25, 0.3) is 0 Å². The van der Waals surface area contributed by atoms with E-state index in [1.807, 2.05) is 19.2 Å². The van der Waals surface area contributed by atoms with Crippen molar-refractivity contribution < 1.29 is 4.79 Å². The topological polar surface area (TPSA) is 57.3 Å². The lowest BCUT2D eigenvalue weighted by Crippen LogP contribution is -2.39. The second-order valence-electron chi connectivity index (χ2n) is 6.08. The molecule has 1 fully saturated rings. The summed E-state index contributed by atoms with van der Waals surface area (Å²) in [7, 11) is 1.71. The number of likely N-dealkylation sites (tertiary alicyclic amines) is 1. The largest absolute Gasteiger partial charge is 0.370 e. The van der Waals surface area contributed by atoms with Crippen LogP contribution in [0.15, 0.2) is 18.3 Å². The lowest BCUT2D eigenvalue weighted by atomic mass is 9.89. The molecule has 1 atom stereocenters. The van der Waals surface area contributed by atoms with Crippen LogP contribution in [0, 0.1) is 5.41 Å². The van der Waals surface area contributed by atoms with Crippen LogP contribution in [0.1, 0.15) is 32.3 Å². The monoisotopic (exact) mass is 290 g/mol. The van der Waals surface area contributed by atoms with Crippen molar-refractivity contribution in [2.24, 2.45) is 5.41 Å². The molecule has 0 aromatic carbocycles. The van der Waals surface area contributed by atoms with Crippen molar-refractivity contribution in [3.8, 4) is 0 Å². The summed E-state index contributed by atoms with van der Waals surface area (Å²) in [6.07, 6.45) is 3.85. The smallest absolute Gasteiger partial charge is 0.227 e. The summed E-state index contributed by atoms with van der Waals surface area (Å²) >= 11 is 0. The average molecular weight is 290 g/mol. The third kappa shape index (κ3) is 3.94. The number of hydrogen-bond donors (Lipinski definition) is 2. The van der Waals surface area contributed by atoms with Crippen LogP contribution in [0.2, 0.25) is 0 Å². The molecule has 2 rings (SSSR count). The first-order valence-electron chi connectivity index (χ1n) is 7.71. The Balaban J connectivity index is 1.95. The highest BCUT2D eigenvalue weighted by atomic mass is 16.2. The zero-order valence-corrected chi connectivity index (χ0v) is 13.3. The average Bonchev–Trinajstić information content (AvgIpc) is 2.87. The molecule has 1 aliphatic rings. The maximum atomic E-state index is 11.9. The number of hydrogen-bond acceptors (Lipinski definition) is 4. The molecule has 1 aromatic rings. The van der Waals surface area contributed by atoms with Crippen LogP contribution in [0.3, 0.4) is 0 Å². The maximum Gasteiger partial charge on any atom is 0.227 e. The van der Waals surface area contributed by atoms with Gasteiger partial charge in [-0.1, -0.05) is 6.92 Å². The minimum absolute atomic E-state index is 0.144. The third-order valence-electron chi connectivity index (χ3n) is 4.11. The summed E-state index contributed by atoms with van der Waals surface area (Å²) < 4.78 is 0. The number of pyridine rings is 1. The van der Waals surface area contributed by atoms with E-state index in [-0.39, 0.29) is 11.3 Å². The molecule has 21 heavy (non-hydrogen) atoms. The van der Waals surface area contributed by atoms with Gasteiger partial charge in [0.05, 0.1) is 5.41 Å². The van der Waals surface area contributed by atoms with E-state index in [0.29, 0.717) is 0 Å². The van der Waals surface area contributed by atoms with E-state index in [9.17, 15) is 4.79 Å². The Morgan fingerprint density at radius 3 is 3.05 bits per heavy atom. The predicted molar refractivity (Wildman–Crippen MR) is 85.1 cm³/mol.